The largest absolute Gasteiger partial charge is 0.374 e. The molecule has 1 fully saturated rings. The quantitative estimate of drug-likeness (QED) is 0.582. The zero-order valence-corrected chi connectivity index (χ0v) is 7.39. The Labute approximate surface area is 70.9 Å². The summed E-state index contributed by atoms with van der Waals surface area (Å²) >= 11 is 0. The van der Waals surface area contributed by atoms with Crippen molar-refractivity contribution in [1.29, 1.82) is 0 Å². The normalized spacial score (nSPS) is 25.8. The number of halogens is 2. The average Bonchev–Trinajstić information content (AvgIpc) is 2.10. The highest BCUT2D eigenvalue weighted by molar-refractivity contribution is 4.72. The molecule has 0 radical (unpaired) electrons. The molecule has 0 aromatic rings. The summed E-state index contributed by atoms with van der Waals surface area (Å²) in [4.78, 5) is 0. The van der Waals surface area contributed by atoms with Crippen molar-refractivity contribution in [2.75, 3.05) is 40.4 Å². The van der Waals surface area contributed by atoms with Gasteiger partial charge in [-0.1, -0.05) is 0 Å². The van der Waals surface area contributed by atoms with Crippen molar-refractivity contribution < 1.29 is 13.5 Å². The third-order valence-electron chi connectivity index (χ3n) is 1.79. The zero-order valence-electron chi connectivity index (χ0n) is 7.39. The maximum atomic E-state index is 12.9. The fourth-order valence-corrected chi connectivity index (χ4v) is 1.12. The fraction of sp³-hybridized carbons (Fsp3) is 1.00. The van der Waals surface area contributed by atoms with Gasteiger partial charge in [-0.05, 0) is 0 Å². The molecule has 1 rings (SSSR count). The van der Waals surface area contributed by atoms with Crippen LogP contribution in [0.15, 0.2) is 0 Å². The molecule has 0 amide bonds. The van der Waals surface area contributed by atoms with E-state index in [2.05, 4.69) is 0 Å². The molecule has 3 nitrogen and oxygen atoms in total. The van der Waals surface area contributed by atoms with E-state index in [4.69, 9.17) is 4.74 Å². The van der Waals surface area contributed by atoms with Gasteiger partial charge in [-0.25, -0.2) is 18.8 Å². The van der Waals surface area contributed by atoms with Gasteiger partial charge in [0.1, 0.15) is 6.61 Å². The first kappa shape index (κ1) is 9.83. The van der Waals surface area contributed by atoms with Gasteiger partial charge in [0.2, 0.25) is 0 Å². The van der Waals surface area contributed by atoms with Crippen LogP contribution in [0.25, 0.3) is 0 Å². The summed E-state index contributed by atoms with van der Waals surface area (Å²) < 4.78 is 30.5. The number of alkyl halides is 2. The smallest absolute Gasteiger partial charge is 0.284 e. The van der Waals surface area contributed by atoms with Crippen molar-refractivity contribution >= 4 is 0 Å². The Balaban J connectivity index is 2.54. The van der Waals surface area contributed by atoms with Crippen molar-refractivity contribution in [2.24, 2.45) is 0 Å². The van der Waals surface area contributed by atoms with Gasteiger partial charge in [0.25, 0.3) is 5.92 Å². The summed E-state index contributed by atoms with van der Waals surface area (Å²) in [5.74, 6) is -2.72. The maximum absolute atomic E-state index is 12.9. The second-order valence-corrected chi connectivity index (χ2v) is 3.14. The first-order valence-corrected chi connectivity index (χ1v) is 3.89. The van der Waals surface area contributed by atoms with Crippen LogP contribution in [-0.2, 0) is 4.74 Å². The molecule has 72 valence electrons. The molecule has 0 bridgehead atoms. The number of hydrogen-bond acceptors (Lipinski definition) is 3. The highest BCUT2D eigenvalue weighted by Crippen LogP contribution is 2.18. The molecule has 0 spiro atoms. The van der Waals surface area contributed by atoms with Crippen molar-refractivity contribution in [3.8, 4) is 0 Å². The number of hydrogen-bond donors (Lipinski definition) is 0. The van der Waals surface area contributed by atoms with E-state index < -0.39 is 12.5 Å². The summed E-state index contributed by atoms with van der Waals surface area (Å²) in [7, 11) is 3.50. The fourth-order valence-electron chi connectivity index (χ4n) is 1.12. The molecule has 1 heterocycles. The van der Waals surface area contributed by atoms with Crippen LogP contribution in [0.4, 0.5) is 8.78 Å². The third-order valence-corrected chi connectivity index (χ3v) is 1.79. The molecule has 1 aliphatic heterocycles. The molecule has 0 saturated carbocycles. The Morgan fingerprint density at radius 2 is 2.08 bits per heavy atom. The minimum atomic E-state index is -2.72. The van der Waals surface area contributed by atoms with Crippen molar-refractivity contribution in [1.82, 2.24) is 10.0 Å². The van der Waals surface area contributed by atoms with E-state index in [9.17, 15) is 8.78 Å². The summed E-state index contributed by atoms with van der Waals surface area (Å²) in [6.07, 6.45) is 0. The van der Waals surface area contributed by atoms with Crippen LogP contribution in [0.1, 0.15) is 0 Å². The highest BCUT2D eigenvalue weighted by atomic mass is 19.3. The average molecular weight is 180 g/mol. The lowest BCUT2D eigenvalue weighted by Gasteiger charge is -2.28. The maximum Gasteiger partial charge on any atom is 0.284 e. The van der Waals surface area contributed by atoms with Gasteiger partial charge in [0, 0.05) is 20.6 Å². The summed E-state index contributed by atoms with van der Waals surface area (Å²) in [5, 5.41) is 3.25. The zero-order chi connectivity index (χ0) is 9.19. The van der Waals surface area contributed by atoms with Crippen LogP contribution in [0.5, 0.6) is 0 Å². The van der Waals surface area contributed by atoms with Gasteiger partial charge in [0.15, 0.2) is 0 Å². The first-order valence-electron chi connectivity index (χ1n) is 3.89. The lowest BCUT2D eigenvalue weighted by molar-refractivity contribution is -0.0933. The van der Waals surface area contributed by atoms with E-state index in [-0.39, 0.29) is 6.54 Å². The topological polar surface area (TPSA) is 15.7 Å². The van der Waals surface area contributed by atoms with Crippen LogP contribution in [0.3, 0.4) is 0 Å². The molecule has 0 atom stereocenters. The standard InChI is InChI=1S/C7H14F2N2O/c1-10(2)11-3-4-12-6-7(8,9)5-11/h3-6H2,1-2H3. The van der Waals surface area contributed by atoms with Gasteiger partial charge in [-0.3, -0.25) is 0 Å². The number of hydrazine groups is 1. The Morgan fingerprint density at radius 1 is 1.42 bits per heavy atom. The van der Waals surface area contributed by atoms with Crippen LogP contribution in [-0.4, -0.2) is 56.3 Å². The minimum Gasteiger partial charge on any atom is -0.374 e. The molecule has 12 heavy (non-hydrogen) atoms. The lowest BCUT2D eigenvalue weighted by Crippen LogP contribution is -2.44. The monoisotopic (exact) mass is 180 g/mol. The van der Waals surface area contributed by atoms with E-state index >= 15 is 0 Å². The van der Waals surface area contributed by atoms with E-state index in [1.165, 1.54) is 0 Å². The van der Waals surface area contributed by atoms with Crippen LogP contribution in [0.2, 0.25) is 0 Å². The van der Waals surface area contributed by atoms with E-state index in [0.29, 0.717) is 13.2 Å². The van der Waals surface area contributed by atoms with Crippen LogP contribution in [0, 0.1) is 0 Å². The Hall–Kier alpha value is -0.260. The molecule has 0 unspecified atom stereocenters. The summed E-state index contributed by atoms with van der Waals surface area (Å²) in [6.45, 7) is 0.188. The SMILES string of the molecule is CN(C)N1CCOCC(F)(F)C1. The van der Waals surface area contributed by atoms with Crippen molar-refractivity contribution in [3.05, 3.63) is 0 Å². The summed E-state index contributed by atoms with van der Waals surface area (Å²) in [5.41, 5.74) is 0. The van der Waals surface area contributed by atoms with Gasteiger partial charge < -0.3 is 4.74 Å². The second-order valence-electron chi connectivity index (χ2n) is 3.14. The Kier molecular flexibility index (Phi) is 2.98. The molecular weight excluding hydrogens is 166 g/mol. The molecule has 1 aliphatic rings. The number of nitrogens with zero attached hydrogens (tertiary/aromatic N) is 2. The van der Waals surface area contributed by atoms with Gasteiger partial charge in [-0.2, -0.15) is 0 Å². The Bertz CT molecular complexity index is 152. The minimum absolute atomic E-state index is 0.250. The molecule has 0 aromatic heterocycles. The Morgan fingerprint density at radius 3 is 2.67 bits per heavy atom. The number of rotatable bonds is 1. The molecular formula is C7H14F2N2O. The van der Waals surface area contributed by atoms with Gasteiger partial charge in [-0.15, -0.1) is 0 Å². The van der Waals surface area contributed by atoms with Crippen molar-refractivity contribution in [2.45, 2.75) is 5.92 Å². The van der Waals surface area contributed by atoms with Gasteiger partial charge in [0.05, 0.1) is 13.2 Å². The highest BCUT2D eigenvalue weighted by Gasteiger charge is 2.34. The van der Waals surface area contributed by atoms with E-state index in [0.717, 1.165) is 0 Å². The third kappa shape index (κ3) is 2.66. The van der Waals surface area contributed by atoms with Gasteiger partial charge >= 0.3 is 0 Å². The van der Waals surface area contributed by atoms with Crippen LogP contribution < -0.4 is 0 Å². The number of ether oxygens (including phenoxy) is 1. The van der Waals surface area contributed by atoms with Crippen molar-refractivity contribution in [3.63, 3.8) is 0 Å². The lowest BCUT2D eigenvalue weighted by atomic mass is 10.3. The summed E-state index contributed by atoms with van der Waals surface area (Å²) in [6, 6.07) is 0. The molecule has 0 aliphatic carbocycles. The van der Waals surface area contributed by atoms with E-state index in [1.54, 1.807) is 24.1 Å². The molecule has 0 N–H and O–H groups in total. The van der Waals surface area contributed by atoms with Crippen LogP contribution >= 0.6 is 0 Å². The predicted octanol–water partition coefficient (Wildman–Crippen LogP) is 0.430. The van der Waals surface area contributed by atoms with E-state index in [1.807, 2.05) is 0 Å². The molecule has 0 aromatic carbocycles. The predicted molar refractivity (Wildman–Crippen MR) is 41.0 cm³/mol. The molecule has 1 saturated heterocycles. The first-order chi connectivity index (χ1) is 5.51. The molecule has 5 heteroatoms. The second kappa shape index (κ2) is 3.64.